The number of ketones is 1. The van der Waals surface area contributed by atoms with Gasteiger partial charge in [-0.2, -0.15) is 8.42 Å². The lowest BCUT2D eigenvalue weighted by Crippen LogP contribution is -2.37. The zero-order chi connectivity index (χ0) is 14.1. The highest BCUT2D eigenvalue weighted by Gasteiger charge is 2.44. The summed E-state index contributed by atoms with van der Waals surface area (Å²) in [5, 5.41) is 0. The molecular formula is C11H17BrO5S. The fourth-order valence-electron chi connectivity index (χ4n) is 1.92. The second kappa shape index (κ2) is 5.40. The third-order valence-corrected chi connectivity index (χ3v) is 3.82. The monoisotopic (exact) mass is 340 g/mol. The number of ether oxygens (including phenoxy) is 1. The van der Waals surface area contributed by atoms with Crippen molar-refractivity contribution in [3.8, 4) is 0 Å². The number of halogens is 1. The van der Waals surface area contributed by atoms with Gasteiger partial charge in [0, 0.05) is 5.92 Å². The molecular weight excluding hydrogens is 324 g/mol. The van der Waals surface area contributed by atoms with E-state index in [-0.39, 0.29) is 5.78 Å². The van der Waals surface area contributed by atoms with Crippen LogP contribution in [0.5, 0.6) is 0 Å². The van der Waals surface area contributed by atoms with Gasteiger partial charge in [0.05, 0.1) is 12.4 Å². The van der Waals surface area contributed by atoms with Crippen LogP contribution in [0.25, 0.3) is 0 Å². The highest BCUT2D eigenvalue weighted by atomic mass is 79.9. The SMILES string of the molecule is C/C(Br)=C\C(C)(C)C(CS(=O)(=O)O)C(=O)C1CO1. The van der Waals surface area contributed by atoms with Crippen LogP contribution >= 0.6 is 15.9 Å². The molecule has 0 aromatic heterocycles. The first-order valence-electron chi connectivity index (χ1n) is 5.48. The normalized spacial score (nSPS) is 22.7. The Kier molecular flexibility index (Phi) is 4.75. The maximum Gasteiger partial charge on any atom is 0.265 e. The lowest BCUT2D eigenvalue weighted by atomic mass is 9.76. The zero-order valence-electron chi connectivity index (χ0n) is 10.5. The lowest BCUT2D eigenvalue weighted by Gasteiger charge is -2.29. The van der Waals surface area contributed by atoms with Gasteiger partial charge in [-0.1, -0.05) is 35.9 Å². The number of hydrogen-bond donors (Lipinski definition) is 1. The number of hydrogen-bond acceptors (Lipinski definition) is 4. The van der Waals surface area contributed by atoms with Crippen LogP contribution in [0.2, 0.25) is 0 Å². The van der Waals surface area contributed by atoms with E-state index < -0.39 is 33.3 Å². The van der Waals surface area contributed by atoms with Gasteiger partial charge < -0.3 is 4.74 Å². The molecule has 0 aromatic rings. The van der Waals surface area contributed by atoms with E-state index in [1.807, 2.05) is 0 Å². The molecule has 0 spiro atoms. The smallest absolute Gasteiger partial charge is 0.265 e. The quantitative estimate of drug-likeness (QED) is 0.588. The van der Waals surface area contributed by atoms with Crippen molar-refractivity contribution in [3.63, 3.8) is 0 Å². The second-order valence-electron chi connectivity index (χ2n) is 5.08. The molecule has 1 rings (SSSR count). The number of allylic oxidation sites excluding steroid dienone is 2. The molecule has 1 N–H and O–H groups in total. The van der Waals surface area contributed by atoms with Crippen molar-refractivity contribution in [2.75, 3.05) is 12.4 Å². The molecule has 1 heterocycles. The predicted octanol–water partition coefficient (Wildman–Crippen LogP) is 1.78. The summed E-state index contributed by atoms with van der Waals surface area (Å²) in [5.41, 5.74) is -0.688. The van der Waals surface area contributed by atoms with Crippen LogP contribution in [0.3, 0.4) is 0 Å². The van der Waals surface area contributed by atoms with Crippen LogP contribution in [0.4, 0.5) is 0 Å². The average molecular weight is 341 g/mol. The van der Waals surface area contributed by atoms with Gasteiger partial charge >= 0.3 is 0 Å². The number of carbonyl (C=O) groups excluding carboxylic acids is 1. The first-order chi connectivity index (χ1) is 8.03. The van der Waals surface area contributed by atoms with Gasteiger partial charge in [-0.15, -0.1) is 0 Å². The Morgan fingerprint density at radius 2 is 2.11 bits per heavy atom. The summed E-state index contributed by atoms with van der Waals surface area (Å²) in [7, 11) is -4.21. The van der Waals surface area contributed by atoms with Crippen molar-refractivity contribution in [3.05, 3.63) is 10.6 Å². The highest BCUT2D eigenvalue weighted by molar-refractivity contribution is 9.11. The predicted molar refractivity (Wildman–Crippen MR) is 71.1 cm³/mol. The Labute approximate surface area is 115 Å². The number of Topliss-reactive ketones (excluding diaryl/α,β-unsaturated/α-hetero) is 1. The zero-order valence-corrected chi connectivity index (χ0v) is 12.9. The van der Waals surface area contributed by atoms with Gasteiger partial charge in [-0.3, -0.25) is 9.35 Å². The molecule has 7 heteroatoms. The first-order valence-corrected chi connectivity index (χ1v) is 7.88. The minimum atomic E-state index is -4.21. The van der Waals surface area contributed by atoms with Crippen LogP contribution in [0.15, 0.2) is 10.6 Å². The molecule has 0 bridgehead atoms. The van der Waals surface area contributed by atoms with Gasteiger partial charge in [-0.05, 0) is 16.8 Å². The van der Waals surface area contributed by atoms with Crippen LogP contribution < -0.4 is 0 Å². The first kappa shape index (κ1) is 15.8. The average Bonchev–Trinajstić information content (AvgIpc) is 2.92. The van der Waals surface area contributed by atoms with E-state index in [0.717, 1.165) is 4.48 Å². The van der Waals surface area contributed by atoms with E-state index in [1.54, 1.807) is 26.8 Å². The van der Waals surface area contributed by atoms with E-state index >= 15 is 0 Å². The Morgan fingerprint density at radius 3 is 2.44 bits per heavy atom. The van der Waals surface area contributed by atoms with E-state index in [0.29, 0.717) is 6.61 Å². The van der Waals surface area contributed by atoms with E-state index in [1.165, 1.54) is 0 Å². The summed E-state index contributed by atoms with van der Waals surface area (Å²) in [5.74, 6) is -1.69. The lowest BCUT2D eigenvalue weighted by molar-refractivity contribution is -0.125. The molecule has 18 heavy (non-hydrogen) atoms. The van der Waals surface area contributed by atoms with Gasteiger partial charge in [0.25, 0.3) is 10.1 Å². The van der Waals surface area contributed by atoms with Crippen molar-refractivity contribution in [2.45, 2.75) is 26.9 Å². The highest BCUT2D eigenvalue weighted by Crippen LogP contribution is 2.35. The summed E-state index contributed by atoms with van der Waals surface area (Å²) in [6, 6.07) is 0. The van der Waals surface area contributed by atoms with E-state index in [2.05, 4.69) is 15.9 Å². The number of epoxide rings is 1. The molecule has 2 atom stereocenters. The van der Waals surface area contributed by atoms with Crippen LogP contribution in [0, 0.1) is 11.3 Å². The summed E-state index contributed by atoms with van der Waals surface area (Å²) >= 11 is 3.27. The van der Waals surface area contributed by atoms with E-state index in [9.17, 15) is 13.2 Å². The minimum Gasteiger partial charge on any atom is -0.365 e. The van der Waals surface area contributed by atoms with E-state index in [4.69, 9.17) is 9.29 Å². The summed E-state index contributed by atoms with van der Waals surface area (Å²) in [4.78, 5) is 12.1. The Balaban J connectivity index is 3.03. The summed E-state index contributed by atoms with van der Waals surface area (Å²) in [6.45, 7) is 5.64. The maximum atomic E-state index is 12.1. The molecule has 5 nitrogen and oxygen atoms in total. The Hall–Kier alpha value is -0.240. The largest absolute Gasteiger partial charge is 0.365 e. The Bertz CT molecular complexity index is 458. The molecule has 0 aliphatic carbocycles. The standard InChI is InChI=1S/C11H17BrO5S/c1-7(12)4-11(2,3)8(6-18(14,15)16)10(13)9-5-17-9/h4,8-9H,5-6H2,1-3H3,(H,14,15,16)/b7-4+. The molecule has 2 unspecified atom stereocenters. The summed E-state index contributed by atoms with van der Waals surface area (Å²) in [6.07, 6.45) is 1.24. The number of carbonyl (C=O) groups is 1. The summed E-state index contributed by atoms with van der Waals surface area (Å²) < 4.78 is 36.8. The molecule has 1 aliphatic rings. The molecule has 1 saturated heterocycles. The molecule has 0 amide bonds. The molecule has 0 aromatic carbocycles. The van der Waals surface area contributed by atoms with Crippen molar-refractivity contribution >= 4 is 31.8 Å². The van der Waals surface area contributed by atoms with Gasteiger partial charge in [-0.25, -0.2) is 0 Å². The van der Waals surface area contributed by atoms with Gasteiger partial charge in [0.15, 0.2) is 5.78 Å². The van der Waals surface area contributed by atoms with Crippen LogP contribution in [-0.4, -0.2) is 37.2 Å². The molecule has 0 saturated carbocycles. The van der Waals surface area contributed by atoms with Crippen molar-refractivity contribution < 1.29 is 22.5 Å². The van der Waals surface area contributed by atoms with Crippen molar-refractivity contribution in [1.82, 2.24) is 0 Å². The molecule has 104 valence electrons. The Morgan fingerprint density at radius 1 is 1.61 bits per heavy atom. The van der Waals surface area contributed by atoms with Crippen LogP contribution in [-0.2, 0) is 19.6 Å². The minimum absolute atomic E-state index is 0.275. The number of rotatable bonds is 6. The molecule has 1 aliphatic heterocycles. The maximum absolute atomic E-state index is 12.1. The second-order valence-corrected chi connectivity index (χ2v) is 7.83. The fourth-order valence-corrected chi connectivity index (χ4v) is 3.53. The van der Waals surface area contributed by atoms with Crippen molar-refractivity contribution in [2.24, 2.45) is 11.3 Å². The van der Waals surface area contributed by atoms with Crippen molar-refractivity contribution in [1.29, 1.82) is 0 Å². The topological polar surface area (TPSA) is 84.0 Å². The third-order valence-electron chi connectivity index (χ3n) is 2.84. The molecule has 1 fully saturated rings. The van der Waals surface area contributed by atoms with Crippen LogP contribution in [0.1, 0.15) is 20.8 Å². The fraction of sp³-hybridized carbons (Fsp3) is 0.727. The molecule has 0 radical (unpaired) electrons. The third kappa shape index (κ3) is 4.79. The van der Waals surface area contributed by atoms with Gasteiger partial charge in [0.2, 0.25) is 0 Å². The van der Waals surface area contributed by atoms with Gasteiger partial charge in [0.1, 0.15) is 6.10 Å².